The van der Waals surface area contributed by atoms with E-state index in [2.05, 4.69) is 17.0 Å². The fourth-order valence-corrected chi connectivity index (χ4v) is 2.25. The molecule has 0 aliphatic carbocycles. The van der Waals surface area contributed by atoms with Gasteiger partial charge < -0.3 is 4.74 Å². The molecule has 0 fully saturated rings. The molecule has 0 radical (unpaired) electrons. The minimum absolute atomic E-state index is 0.0212. The Labute approximate surface area is 98.4 Å². The Morgan fingerprint density at radius 3 is 3.29 bits per heavy atom. The van der Waals surface area contributed by atoms with E-state index >= 15 is 0 Å². The predicted molar refractivity (Wildman–Crippen MR) is 63.2 cm³/mol. The van der Waals surface area contributed by atoms with Gasteiger partial charge in [0.2, 0.25) is 0 Å². The van der Waals surface area contributed by atoms with E-state index in [1.54, 1.807) is 0 Å². The quantitative estimate of drug-likeness (QED) is 0.843. The number of hydrogen-bond acceptors (Lipinski definition) is 3. The number of H-pyrrole nitrogens is 1. The van der Waals surface area contributed by atoms with Gasteiger partial charge in [-0.1, -0.05) is 13.3 Å². The van der Waals surface area contributed by atoms with Gasteiger partial charge >= 0.3 is 0 Å². The summed E-state index contributed by atoms with van der Waals surface area (Å²) in [5.74, 6) is 0. The van der Waals surface area contributed by atoms with Crippen molar-refractivity contribution < 1.29 is 4.74 Å². The molecule has 0 amide bonds. The highest BCUT2D eigenvalue weighted by molar-refractivity contribution is 5.42. The van der Waals surface area contributed by atoms with Crippen LogP contribution in [0.5, 0.6) is 0 Å². The molecule has 90 valence electrons. The summed E-state index contributed by atoms with van der Waals surface area (Å²) in [4.78, 5) is 16.7. The van der Waals surface area contributed by atoms with Gasteiger partial charge in [-0.05, 0) is 6.42 Å². The van der Waals surface area contributed by atoms with E-state index in [9.17, 15) is 4.79 Å². The van der Waals surface area contributed by atoms with Gasteiger partial charge in [0.15, 0.2) is 5.65 Å². The lowest BCUT2D eigenvalue weighted by atomic mass is 10.1. The molecule has 1 aliphatic rings. The van der Waals surface area contributed by atoms with Gasteiger partial charge in [0.1, 0.15) is 0 Å². The summed E-state index contributed by atoms with van der Waals surface area (Å²) in [6.07, 6.45) is 2.71. The van der Waals surface area contributed by atoms with E-state index in [1.165, 1.54) is 4.52 Å². The molecule has 3 rings (SSSR count). The monoisotopic (exact) mass is 233 g/mol. The number of fused-ring (bicyclic) bond motifs is 2. The van der Waals surface area contributed by atoms with Gasteiger partial charge in [0, 0.05) is 18.2 Å². The third kappa shape index (κ3) is 1.67. The molecule has 5 heteroatoms. The molecular weight excluding hydrogens is 218 g/mol. The Morgan fingerprint density at radius 1 is 1.59 bits per heavy atom. The van der Waals surface area contributed by atoms with E-state index in [4.69, 9.17) is 4.74 Å². The number of rotatable bonds is 2. The van der Waals surface area contributed by atoms with Gasteiger partial charge in [0.05, 0.1) is 24.5 Å². The Morgan fingerprint density at radius 2 is 2.47 bits per heavy atom. The average molecular weight is 233 g/mol. The maximum Gasteiger partial charge on any atom is 0.278 e. The van der Waals surface area contributed by atoms with Crippen molar-refractivity contribution in [2.75, 3.05) is 6.61 Å². The molecule has 2 aromatic heterocycles. The minimum atomic E-state index is -0.0212. The summed E-state index contributed by atoms with van der Waals surface area (Å²) in [6.45, 7) is 3.15. The number of aromatic amines is 1. The summed E-state index contributed by atoms with van der Waals surface area (Å²) < 4.78 is 6.84. The van der Waals surface area contributed by atoms with Gasteiger partial charge in [0.25, 0.3) is 5.56 Å². The van der Waals surface area contributed by atoms with Crippen molar-refractivity contribution in [2.24, 2.45) is 0 Å². The fraction of sp³-hybridized carbons (Fsp3) is 0.500. The molecule has 5 nitrogen and oxygen atoms in total. The molecule has 1 aliphatic heterocycles. The van der Waals surface area contributed by atoms with Crippen molar-refractivity contribution in [1.82, 2.24) is 14.6 Å². The van der Waals surface area contributed by atoms with Gasteiger partial charge in [-0.15, -0.1) is 0 Å². The topological polar surface area (TPSA) is 59.4 Å². The van der Waals surface area contributed by atoms with Crippen LogP contribution in [-0.4, -0.2) is 21.2 Å². The molecule has 0 saturated heterocycles. The fourth-order valence-electron chi connectivity index (χ4n) is 2.25. The third-order valence-electron chi connectivity index (χ3n) is 3.10. The Balaban J connectivity index is 2.22. The SMILES string of the molecule is CCCc1cc2nc3c(c(=O)n2[nH]1)COCC3. The zero-order valence-corrected chi connectivity index (χ0v) is 9.82. The van der Waals surface area contributed by atoms with Crippen LogP contribution in [0.4, 0.5) is 0 Å². The second-order valence-electron chi connectivity index (χ2n) is 4.37. The molecule has 0 saturated carbocycles. The zero-order valence-electron chi connectivity index (χ0n) is 9.82. The molecule has 0 spiro atoms. The third-order valence-corrected chi connectivity index (χ3v) is 3.10. The first kappa shape index (κ1) is 10.5. The van der Waals surface area contributed by atoms with Crippen molar-refractivity contribution >= 4 is 5.65 Å². The van der Waals surface area contributed by atoms with Gasteiger partial charge in [-0.3, -0.25) is 9.89 Å². The van der Waals surface area contributed by atoms with Crippen LogP contribution in [0.3, 0.4) is 0 Å². The first-order chi connectivity index (χ1) is 8.29. The Kier molecular flexibility index (Phi) is 2.48. The molecule has 1 N–H and O–H groups in total. The van der Waals surface area contributed by atoms with Crippen LogP contribution < -0.4 is 5.56 Å². The summed E-state index contributed by atoms with van der Waals surface area (Å²) in [5.41, 5.74) is 3.34. The first-order valence-electron chi connectivity index (χ1n) is 5.99. The number of nitrogens with zero attached hydrogens (tertiary/aromatic N) is 2. The van der Waals surface area contributed by atoms with E-state index in [-0.39, 0.29) is 5.56 Å². The van der Waals surface area contributed by atoms with Crippen molar-refractivity contribution in [1.29, 1.82) is 0 Å². The van der Waals surface area contributed by atoms with Crippen LogP contribution >= 0.6 is 0 Å². The number of ether oxygens (including phenoxy) is 1. The molecule has 0 unspecified atom stereocenters. The first-order valence-corrected chi connectivity index (χ1v) is 5.99. The highest BCUT2D eigenvalue weighted by Gasteiger charge is 2.17. The van der Waals surface area contributed by atoms with Crippen molar-refractivity contribution in [2.45, 2.75) is 32.8 Å². The van der Waals surface area contributed by atoms with E-state index in [0.29, 0.717) is 18.8 Å². The summed E-state index contributed by atoms with van der Waals surface area (Å²) >= 11 is 0. The lowest BCUT2D eigenvalue weighted by molar-refractivity contribution is 0.108. The maximum absolute atomic E-state index is 12.2. The van der Waals surface area contributed by atoms with E-state index < -0.39 is 0 Å². The van der Waals surface area contributed by atoms with Crippen molar-refractivity contribution in [3.05, 3.63) is 33.4 Å². The highest BCUT2D eigenvalue weighted by Crippen LogP contribution is 2.13. The summed E-state index contributed by atoms with van der Waals surface area (Å²) in [5, 5.41) is 3.10. The van der Waals surface area contributed by atoms with Crippen LogP contribution in [0.2, 0.25) is 0 Å². The average Bonchev–Trinajstić information content (AvgIpc) is 2.73. The minimum Gasteiger partial charge on any atom is -0.376 e. The largest absolute Gasteiger partial charge is 0.376 e. The highest BCUT2D eigenvalue weighted by atomic mass is 16.5. The van der Waals surface area contributed by atoms with Gasteiger partial charge in [-0.25, -0.2) is 9.50 Å². The van der Waals surface area contributed by atoms with Crippen molar-refractivity contribution in [3.63, 3.8) is 0 Å². The van der Waals surface area contributed by atoms with Crippen molar-refractivity contribution in [3.8, 4) is 0 Å². The van der Waals surface area contributed by atoms with Crippen LogP contribution in [0.1, 0.15) is 30.3 Å². The van der Waals surface area contributed by atoms with Crippen LogP contribution in [0, 0.1) is 0 Å². The summed E-state index contributed by atoms with van der Waals surface area (Å²) in [6, 6.07) is 1.96. The van der Waals surface area contributed by atoms with E-state index in [1.807, 2.05) is 6.07 Å². The molecule has 0 bridgehead atoms. The Bertz CT molecular complexity index is 612. The second-order valence-corrected chi connectivity index (χ2v) is 4.37. The molecule has 2 aromatic rings. The van der Waals surface area contributed by atoms with Crippen LogP contribution in [0.25, 0.3) is 5.65 Å². The number of nitrogens with one attached hydrogen (secondary N) is 1. The predicted octanol–water partition coefficient (Wildman–Crippen LogP) is 1.05. The lowest BCUT2D eigenvalue weighted by Crippen LogP contribution is -2.27. The second kappa shape index (κ2) is 4.00. The maximum atomic E-state index is 12.2. The molecule has 17 heavy (non-hydrogen) atoms. The van der Waals surface area contributed by atoms with Crippen LogP contribution in [-0.2, 0) is 24.2 Å². The Hall–Kier alpha value is -1.62. The molecule has 3 heterocycles. The smallest absolute Gasteiger partial charge is 0.278 e. The van der Waals surface area contributed by atoms with Gasteiger partial charge in [-0.2, -0.15) is 0 Å². The molecule has 0 atom stereocenters. The number of aryl methyl sites for hydroxylation is 1. The lowest BCUT2D eigenvalue weighted by Gasteiger charge is -2.14. The molecular formula is C12H15N3O2. The standard InChI is InChI=1S/C12H15N3O2/c1-2-3-8-6-11-13-10-4-5-17-7-9(10)12(16)15(11)14-8/h6,14H,2-5,7H2,1H3. The van der Waals surface area contributed by atoms with Crippen LogP contribution in [0.15, 0.2) is 10.9 Å². The molecule has 0 aromatic carbocycles. The number of aromatic nitrogens is 3. The number of hydrogen-bond donors (Lipinski definition) is 1. The normalized spacial score (nSPS) is 15.1. The van der Waals surface area contributed by atoms with E-state index in [0.717, 1.165) is 36.3 Å². The zero-order chi connectivity index (χ0) is 11.8. The summed E-state index contributed by atoms with van der Waals surface area (Å²) in [7, 11) is 0.